The van der Waals surface area contributed by atoms with Crippen LogP contribution < -0.4 is 22.2 Å². The number of anilines is 1. The molecule has 3 N–H and O–H groups in total. The van der Waals surface area contributed by atoms with Gasteiger partial charge in [0.25, 0.3) is 11.1 Å². The largest absolute Gasteiger partial charge is 0.357 e. The minimum absolute atomic E-state index is 0.224. The summed E-state index contributed by atoms with van der Waals surface area (Å²) in [6, 6.07) is 6.88. The molecule has 3 heterocycles. The maximum absolute atomic E-state index is 13.4. The molecule has 1 aromatic carbocycles. The van der Waals surface area contributed by atoms with Gasteiger partial charge in [0.15, 0.2) is 0 Å². The number of rotatable bonds is 6. The van der Waals surface area contributed by atoms with Crippen LogP contribution >= 0.6 is 11.6 Å². The van der Waals surface area contributed by atoms with E-state index in [2.05, 4.69) is 20.3 Å². The Kier molecular flexibility index (Phi) is 6.02. The van der Waals surface area contributed by atoms with Crippen molar-refractivity contribution in [3.8, 4) is 16.8 Å². The van der Waals surface area contributed by atoms with Crippen LogP contribution in [-0.4, -0.2) is 37.7 Å². The average molecular weight is 452 g/mol. The number of halogens is 1. The fraction of sp³-hybridized carbons (Fsp3) is 0.227. The standard InChI is InChI=1S/C22H22ClN7O2/c1-13-20(31)29(9-7-26-13)15-4-5-16(18(23)11-15)17-10-14-12-27-22(25-2)28-19(14)30(21(17)32)8-3-6-24/h4-5,7,9-12H,3,6,8,24H2,1-2H3,(H,25,27,28). The van der Waals surface area contributed by atoms with Gasteiger partial charge in [-0.1, -0.05) is 17.7 Å². The van der Waals surface area contributed by atoms with Gasteiger partial charge >= 0.3 is 0 Å². The first-order valence-corrected chi connectivity index (χ1v) is 10.5. The van der Waals surface area contributed by atoms with Crippen LogP contribution in [-0.2, 0) is 6.54 Å². The molecule has 0 saturated carbocycles. The van der Waals surface area contributed by atoms with Crippen molar-refractivity contribution in [3.63, 3.8) is 0 Å². The van der Waals surface area contributed by atoms with E-state index in [9.17, 15) is 9.59 Å². The Balaban J connectivity index is 1.89. The molecule has 32 heavy (non-hydrogen) atoms. The lowest BCUT2D eigenvalue weighted by Gasteiger charge is -2.14. The number of nitrogens with two attached hydrogens (primary N) is 1. The van der Waals surface area contributed by atoms with Gasteiger partial charge < -0.3 is 11.1 Å². The summed E-state index contributed by atoms with van der Waals surface area (Å²) < 4.78 is 3.06. The number of aromatic nitrogens is 5. The van der Waals surface area contributed by atoms with E-state index in [1.807, 2.05) is 0 Å². The Hall–Kier alpha value is -3.56. The smallest absolute Gasteiger partial charge is 0.276 e. The van der Waals surface area contributed by atoms with Crippen molar-refractivity contribution in [2.45, 2.75) is 19.9 Å². The van der Waals surface area contributed by atoms with Crippen molar-refractivity contribution in [3.05, 3.63) is 74.3 Å². The molecule has 0 atom stereocenters. The predicted octanol–water partition coefficient (Wildman–Crippen LogP) is 2.36. The first-order chi connectivity index (χ1) is 15.4. The van der Waals surface area contributed by atoms with Gasteiger partial charge in [0.1, 0.15) is 11.3 Å². The molecule has 164 valence electrons. The lowest BCUT2D eigenvalue weighted by atomic mass is 10.1. The molecule has 0 aliphatic carbocycles. The minimum Gasteiger partial charge on any atom is -0.357 e. The summed E-state index contributed by atoms with van der Waals surface area (Å²) in [5.41, 5.74) is 7.69. The fourth-order valence-corrected chi connectivity index (χ4v) is 3.79. The van der Waals surface area contributed by atoms with Gasteiger partial charge in [-0.15, -0.1) is 0 Å². The van der Waals surface area contributed by atoms with E-state index in [-0.39, 0.29) is 11.1 Å². The van der Waals surface area contributed by atoms with Gasteiger partial charge in [0, 0.05) is 48.7 Å². The number of nitrogens with zero attached hydrogens (tertiary/aromatic N) is 5. The number of aryl methyl sites for hydroxylation is 2. The number of benzene rings is 1. The maximum Gasteiger partial charge on any atom is 0.276 e. The monoisotopic (exact) mass is 451 g/mol. The van der Waals surface area contributed by atoms with Gasteiger partial charge in [0.2, 0.25) is 5.95 Å². The molecule has 9 nitrogen and oxygen atoms in total. The second kappa shape index (κ2) is 8.89. The Morgan fingerprint density at radius 3 is 2.66 bits per heavy atom. The number of nitrogens with one attached hydrogen (secondary N) is 1. The molecule has 4 rings (SSSR count). The van der Waals surface area contributed by atoms with Crippen molar-refractivity contribution >= 4 is 28.6 Å². The highest BCUT2D eigenvalue weighted by Crippen LogP contribution is 2.29. The van der Waals surface area contributed by atoms with E-state index in [0.29, 0.717) is 64.0 Å². The van der Waals surface area contributed by atoms with Gasteiger partial charge in [-0.25, -0.2) is 4.98 Å². The van der Waals surface area contributed by atoms with Crippen LogP contribution in [0.1, 0.15) is 12.1 Å². The van der Waals surface area contributed by atoms with Gasteiger partial charge in [-0.2, -0.15) is 4.98 Å². The van der Waals surface area contributed by atoms with E-state index in [0.717, 1.165) is 0 Å². The topological polar surface area (TPSA) is 121 Å². The number of hydrogen-bond acceptors (Lipinski definition) is 7. The van der Waals surface area contributed by atoms with Gasteiger partial charge in [0.05, 0.1) is 10.7 Å². The average Bonchev–Trinajstić information content (AvgIpc) is 2.80. The molecular formula is C22H22ClN7O2. The molecule has 0 aliphatic rings. The SMILES string of the molecule is CNc1ncc2cc(-c3ccc(-n4ccnc(C)c4=O)cc3Cl)c(=O)n(CCCN)c2n1. The molecule has 0 saturated heterocycles. The van der Waals surface area contributed by atoms with E-state index in [1.165, 1.54) is 4.57 Å². The zero-order chi connectivity index (χ0) is 22.8. The third-order valence-corrected chi connectivity index (χ3v) is 5.48. The van der Waals surface area contributed by atoms with Crippen LogP contribution in [0, 0.1) is 6.92 Å². The van der Waals surface area contributed by atoms with Crippen molar-refractivity contribution in [1.29, 1.82) is 0 Å². The Morgan fingerprint density at radius 1 is 1.12 bits per heavy atom. The maximum atomic E-state index is 13.4. The molecule has 0 spiro atoms. The second-order valence-corrected chi connectivity index (χ2v) is 7.64. The molecular weight excluding hydrogens is 430 g/mol. The van der Waals surface area contributed by atoms with Crippen LogP contribution in [0.4, 0.5) is 5.95 Å². The molecule has 10 heteroatoms. The van der Waals surface area contributed by atoms with E-state index >= 15 is 0 Å². The Bertz CT molecular complexity index is 1430. The fourth-order valence-electron chi connectivity index (χ4n) is 3.51. The summed E-state index contributed by atoms with van der Waals surface area (Å²) in [5, 5.41) is 3.94. The third-order valence-electron chi connectivity index (χ3n) is 5.17. The van der Waals surface area contributed by atoms with E-state index in [1.54, 1.807) is 61.4 Å². The van der Waals surface area contributed by atoms with Crippen molar-refractivity contribution in [1.82, 2.24) is 24.1 Å². The quantitative estimate of drug-likeness (QED) is 0.461. The molecule has 0 unspecified atom stereocenters. The predicted molar refractivity (Wildman–Crippen MR) is 126 cm³/mol. The molecule has 0 fully saturated rings. The third kappa shape index (κ3) is 3.88. The Labute approximate surface area is 188 Å². The summed E-state index contributed by atoms with van der Waals surface area (Å²) in [7, 11) is 1.72. The lowest BCUT2D eigenvalue weighted by molar-refractivity contribution is 0.646. The van der Waals surface area contributed by atoms with Crippen LogP contribution in [0.3, 0.4) is 0 Å². The zero-order valence-corrected chi connectivity index (χ0v) is 18.4. The summed E-state index contributed by atoms with van der Waals surface area (Å²) >= 11 is 6.59. The first kappa shape index (κ1) is 21.7. The summed E-state index contributed by atoms with van der Waals surface area (Å²) in [6.07, 6.45) is 5.41. The van der Waals surface area contributed by atoms with E-state index < -0.39 is 0 Å². The minimum atomic E-state index is -0.233. The highest BCUT2D eigenvalue weighted by Gasteiger charge is 2.16. The summed E-state index contributed by atoms with van der Waals surface area (Å²) in [4.78, 5) is 38.6. The summed E-state index contributed by atoms with van der Waals surface area (Å²) in [5.74, 6) is 0.423. The number of pyridine rings is 1. The Morgan fingerprint density at radius 2 is 1.94 bits per heavy atom. The zero-order valence-electron chi connectivity index (χ0n) is 17.7. The van der Waals surface area contributed by atoms with Gasteiger partial charge in [-0.3, -0.25) is 23.7 Å². The molecule has 0 radical (unpaired) electrons. The molecule has 4 aromatic rings. The normalized spacial score (nSPS) is 11.1. The number of hydrogen-bond donors (Lipinski definition) is 2. The van der Waals surface area contributed by atoms with Crippen LogP contribution in [0.15, 0.2) is 52.4 Å². The highest BCUT2D eigenvalue weighted by atomic mass is 35.5. The lowest BCUT2D eigenvalue weighted by Crippen LogP contribution is -2.24. The molecule has 0 bridgehead atoms. The van der Waals surface area contributed by atoms with E-state index in [4.69, 9.17) is 17.3 Å². The van der Waals surface area contributed by atoms with Crippen molar-refractivity contribution < 1.29 is 0 Å². The number of fused-ring (bicyclic) bond motifs is 1. The van der Waals surface area contributed by atoms with Crippen molar-refractivity contribution in [2.75, 3.05) is 18.9 Å². The first-order valence-electron chi connectivity index (χ1n) is 10.1. The molecule has 3 aromatic heterocycles. The van der Waals surface area contributed by atoms with Crippen molar-refractivity contribution in [2.24, 2.45) is 5.73 Å². The molecule has 0 aliphatic heterocycles. The van der Waals surface area contributed by atoms with Crippen LogP contribution in [0.25, 0.3) is 27.8 Å². The molecule has 0 amide bonds. The highest BCUT2D eigenvalue weighted by molar-refractivity contribution is 6.33. The summed E-state index contributed by atoms with van der Waals surface area (Å²) in [6.45, 7) is 2.51. The second-order valence-electron chi connectivity index (χ2n) is 7.23. The van der Waals surface area contributed by atoms with Gasteiger partial charge in [-0.05, 0) is 38.1 Å². The van der Waals surface area contributed by atoms with Crippen LogP contribution in [0.2, 0.25) is 5.02 Å². The van der Waals surface area contributed by atoms with Crippen LogP contribution in [0.5, 0.6) is 0 Å².